The second-order valence-corrected chi connectivity index (χ2v) is 7.46. The Bertz CT molecular complexity index is 627. The number of aryl methyl sites for hydroxylation is 2. The predicted molar refractivity (Wildman–Crippen MR) is 90.1 cm³/mol. The molecule has 0 radical (unpaired) electrons. The lowest BCUT2D eigenvalue weighted by atomic mass is 10.1. The molecule has 7 heteroatoms. The van der Waals surface area contributed by atoms with Crippen LogP contribution in [0.4, 0.5) is 10.8 Å². The van der Waals surface area contributed by atoms with E-state index in [1.165, 1.54) is 11.1 Å². The topological polar surface area (TPSA) is 56.3 Å². The second kappa shape index (κ2) is 7.41. The van der Waals surface area contributed by atoms with Gasteiger partial charge in [-0.05, 0) is 43.5 Å². The number of hydrogen-bond acceptors (Lipinski definition) is 7. The fourth-order valence-electron chi connectivity index (χ4n) is 2.06. The Kier molecular flexibility index (Phi) is 5.30. The lowest BCUT2D eigenvalue weighted by Gasteiger charge is -2.21. The minimum Gasteiger partial charge on any atom is -0.355 e. The molecule has 3 rings (SSSR count). The summed E-state index contributed by atoms with van der Waals surface area (Å²) in [4.78, 5) is 0. The van der Waals surface area contributed by atoms with Crippen LogP contribution in [0.15, 0.2) is 22.5 Å². The Morgan fingerprint density at radius 1 is 1.32 bits per heavy atom. The molecule has 2 aromatic rings. The molecule has 0 bridgehead atoms. The van der Waals surface area contributed by atoms with E-state index in [-0.39, 0.29) is 6.10 Å². The van der Waals surface area contributed by atoms with E-state index in [9.17, 15) is 0 Å². The molecule has 1 fully saturated rings. The van der Waals surface area contributed by atoms with E-state index in [0.29, 0.717) is 6.79 Å². The van der Waals surface area contributed by atoms with Crippen molar-refractivity contribution in [3.8, 4) is 0 Å². The van der Waals surface area contributed by atoms with Crippen LogP contribution in [0.25, 0.3) is 0 Å². The van der Waals surface area contributed by atoms with Gasteiger partial charge in [0.05, 0.1) is 12.7 Å². The molecule has 118 valence electrons. The monoisotopic (exact) mass is 337 g/mol. The minimum absolute atomic E-state index is 0.249. The molecule has 1 N–H and O–H groups in total. The molecule has 5 nitrogen and oxygen atoms in total. The fraction of sp³-hybridized carbons (Fsp3) is 0.467. The largest absolute Gasteiger partial charge is 0.355 e. The molecule has 1 aliphatic heterocycles. The summed E-state index contributed by atoms with van der Waals surface area (Å²) >= 11 is 3.26. The zero-order valence-corrected chi connectivity index (χ0v) is 14.3. The maximum Gasteiger partial charge on any atom is 0.210 e. The number of rotatable bonds is 5. The molecule has 1 atom stereocenters. The van der Waals surface area contributed by atoms with E-state index < -0.39 is 0 Å². The minimum atomic E-state index is 0.249. The maximum atomic E-state index is 5.52. The number of anilines is 2. The number of nitrogens with one attached hydrogen (secondary N) is 1. The van der Waals surface area contributed by atoms with Crippen LogP contribution in [0.1, 0.15) is 17.5 Å². The maximum absolute atomic E-state index is 5.52. The quantitative estimate of drug-likeness (QED) is 0.839. The Hall–Kier alpha value is -1.15. The third-order valence-corrected chi connectivity index (χ3v) is 5.63. The van der Waals surface area contributed by atoms with Gasteiger partial charge in [-0.3, -0.25) is 0 Å². The standard InChI is InChI=1S/C15H19N3O2S2/c1-10-3-4-12(7-11(10)2)16-14-17-18-15(22-14)21-8-13-5-6-19-9-20-13/h3-4,7,13H,5-6,8-9H2,1-2H3,(H,16,17)/t13-/m0/s1. The van der Waals surface area contributed by atoms with Crippen molar-refractivity contribution in [2.45, 2.75) is 30.7 Å². The molecule has 1 aromatic carbocycles. The molecule has 22 heavy (non-hydrogen) atoms. The van der Waals surface area contributed by atoms with Gasteiger partial charge in [0.1, 0.15) is 6.79 Å². The summed E-state index contributed by atoms with van der Waals surface area (Å²) in [5, 5.41) is 12.5. The van der Waals surface area contributed by atoms with Gasteiger partial charge >= 0.3 is 0 Å². The highest BCUT2D eigenvalue weighted by molar-refractivity contribution is 8.01. The average molecular weight is 337 g/mol. The zero-order valence-electron chi connectivity index (χ0n) is 12.7. The van der Waals surface area contributed by atoms with E-state index in [2.05, 4.69) is 47.6 Å². The van der Waals surface area contributed by atoms with E-state index in [4.69, 9.17) is 9.47 Å². The summed E-state index contributed by atoms with van der Waals surface area (Å²) in [6.45, 7) is 5.40. The van der Waals surface area contributed by atoms with Crippen LogP contribution in [-0.2, 0) is 9.47 Å². The lowest BCUT2D eigenvalue weighted by Crippen LogP contribution is -2.25. The van der Waals surface area contributed by atoms with Gasteiger partial charge in [-0.25, -0.2) is 0 Å². The van der Waals surface area contributed by atoms with Crippen molar-refractivity contribution in [2.24, 2.45) is 0 Å². The van der Waals surface area contributed by atoms with E-state index >= 15 is 0 Å². The van der Waals surface area contributed by atoms with E-state index in [1.54, 1.807) is 23.1 Å². The van der Waals surface area contributed by atoms with Crippen molar-refractivity contribution in [1.82, 2.24) is 10.2 Å². The van der Waals surface area contributed by atoms with Crippen LogP contribution in [0, 0.1) is 13.8 Å². The van der Waals surface area contributed by atoms with Crippen molar-refractivity contribution < 1.29 is 9.47 Å². The molecule has 0 amide bonds. The molecular weight excluding hydrogens is 318 g/mol. The van der Waals surface area contributed by atoms with Gasteiger partial charge in [0.15, 0.2) is 4.34 Å². The summed E-state index contributed by atoms with van der Waals surface area (Å²) < 4.78 is 11.7. The number of thioether (sulfide) groups is 1. The second-order valence-electron chi connectivity index (χ2n) is 5.21. The first-order valence-corrected chi connectivity index (χ1v) is 9.01. The van der Waals surface area contributed by atoms with Crippen LogP contribution in [-0.4, -0.2) is 35.5 Å². The third-order valence-electron chi connectivity index (χ3n) is 3.53. The van der Waals surface area contributed by atoms with Gasteiger partial charge in [-0.1, -0.05) is 29.2 Å². The van der Waals surface area contributed by atoms with Crippen molar-refractivity contribution in [1.29, 1.82) is 0 Å². The summed E-state index contributed by atoms with van der Waals surface area (Å²) in [5.74, 6) is 0.891. The molecule has 1 saturated heterocycles. The smallest absolute Gasteiger partial charge is 0.210 e. The van der Waals surface area contributed by atoms with Gasteiger partial charge in [-0.15, -0.1) is 10.2 Å². The summed E-state index contributed by atoms with van der Waals surface area (Å²) in [7, 11) is 0. The fourth-order valence-corrected chi connectivity index (χ4v) is 3.92. The normalized spacial score (nSPS) is 18.4. The predicted octanol–water partition coefficient (Wildman–Crippen LogP) is 3.75. The van der Waals surface area contributed by atoms with Crippen LogP contribution < -0.4 is 5.32 Å². The Morgan fingerprint density at radius 2 is 2.23 bits per heavy atom. The molecule has 1 aromatic heterocycles. The van der Waals surface area contributed by atoms with Gasteiger partial charge in [0, 0.05) is 11.4 Å². The van der Waals surface area contributed by atoms with Gasteiger partial charge in [-0.2, -0.15) is 0 Å². The third kappa shape index (κ3) is 4.19. The SMILES string of the molecule is Cc1ccc(Nc2nnc(SC[C@@H]3CCOCO3)s2)cc1C. The highest BCUT2D eigenvalue weighted by Gasteiger charge is 2.15. The molecular formula is C15H19N3O2S2. The van der Waals surface area contributed by atoms with Crippen LogP contribution in [0.3, 0.4) is 0 Å². The number of nitrogens with zero attached hydrogens (tertiary/aromatic N) is 2. The molecule has 0 unspecified atom stereocenters. The lowest BCUT2D eigenvalue weighted by molar-refractivity contribution is -0.130. The first-order chi connectivity index (χ1) is 10.7. The number of benzene rings is 1. The highest BCUT2D eigenvalue weighted by Crippen LogP contribution is 2.29. The zero-order chi connectivity index (χ0) is 15.4. The Labute approximate surface area is 138 Å². The van der Waals surface area contributed by atoms with Crippen LogP contribution in [0.2, 0.25) is 0 Å². The van der Waals surface area contributed by atoms with Crippen molar-refractivity contribution in [3.05, 3.63) is 29.3 Å². The van der Waals surface area contributed by atoms with E-state index in [0.717, 1.165) is 33.9 Å². The molecule has 0 aliphatic carbocycles. The Morgan fingerprint density at radius 3 is 3.00 bits per heavy atom. The van der Waals surface area contributed by atoms with Crippen LogP contribution >= 0.6 is 23.1 Å². The summed E-state index contributed by atoms with van der Waals surface area (Å²) in [6.07, 6.45) is 1.19. The van der Waals surface area contributed by atoms with E-state index in [1.807, 2.05) is 0 Å². The molecule has 2 heterocycles. The summed E-state index contributed by atoms with van der Waals surface area (Å²) in [6, 6.07) is 6.29. The molecule has 0 spiro atoms. The van der Waals surface area contributed by atoms with Crippen molar-refractivity contribution in [3.63, 3.8) is 0 Å². The first kappa shape index (κ1) is 15.7. The van der Waals surface area contributed by atoms with Gasteiger partial charge < -0.3 is 14.8 Å². The molecule has 0 saturated carbocycles. The van der Waals surface area contributed by atoms with Gasteiger partial charge in [0.2, 0.25) is 5.13 Å². The number of aromatic nitrogens is 2. The first-order valence-electron chi connectivity index (χ1n) is 7.20. The molecule has 1 aliphatic rings. The van der Waals surface area contributed by atoms with Crippen molar-refractivity contribution in [2.75, 3.05) is 24.5 Å². The highest BCUT2D eigenvalue weighted by atomic mass is 32.2. The number of ether oxygens (including phenoxy) is 2. The van der Waals surface area contributed by atoms with Gasteiger partial charge in [0.25, 0.3) is 0 Å². The average Bonchev–Trinajstić information content (AvgIpc) is 2.97. The van der Waals surface area contributed by atoms with Crippen LogP contribution in [0.5, 0.6) is 0 Å². The van der Waals surface area contributed by atoms with Crippen molar-refractivity contribution >= 4 is 33.9 Å². The Balaban J connectivity index is 1.55. The number of hydrogen-bond donors (Lipinski definition) is 1. The summed E-state index contributed by atoms with van der Waals surface area (Å²) in [5.41, 5.74) is 3.60.